The van der Waals surface area contributed by atoms with Gasteiger partial charge in [-0.25, -0.2) is 4.79 Å². The van der Waals surface area contributed by atoms with E-state index in [0.717, 1.165) is 5.56 Å². The summed E-state index contributed by atoms with van der Waals surface area (Å²) in [6.07, 6.45) is -0.0570. The van der Waals surface area contributed by atoms with E-state index < -0.39 is 84.0 Å². The number of carbonyl (C=O) groups is 6. The molecule has 0 aliphatic heterocycles. The number of nitrogens with two attached hydrogens (primary N) is 2. The summed E-state index contributed by atoms with van der Waals surface area (Å²) in [6, 6.07) is 3.54. The van der Waals surface area contributed by atoms with E-state index in [0.29, 0.717) is 0 Å². The molecule has 42 heavy (non-hydrogen) atoms. The molecule has 13 nitrogen and oxygen atoms in total. The lowest BCUT2D eigenvalue weighted by Crippen LogP contribution is -2.60. The molecule has 9 N–H and O–H groups in total. The molecule has 1 aromatic rings. The minimum absolute atomic E-state index is 0.0225. The summed E-state index contributed by atoms with van der Waals surface area (Å²) in [6.45, 7) is 10.5. The fraction of sp³-hybridized carbons (Fsp3) is 0.586. The number of nitrogens with one attached hydrogen (secondary N) is 4. The molecular weight excluding hydrogens is 544 g/mol. The number of hydrogen-bond acceptors (Lipinski definition) is 7. The number of primary amides is 1. The molecule has 0 saturated heterocycles. The molecule has 1 aromatic carbocycles. The summed E-state index contributed by atoms with van der Waals surface area (Å²) in [7, 11) is 0. The monoisotopic (exact) mass is 590 g/mol. The van der Waals surface area contributed by atoms with Crippen molar-refractivity contribution in [1.82, 2.24) is 21.3 Å². The SMILES string of the molecule is CC(C)C[C@H](NC(=O)[C@@H](N)Cc1ccccc1)C(=O)N[C@H](C(=O)N[C@H](C(=O)N[C@@H](CC(N)=O)C(=O)O)C(C)C)C(C)C. The lowest BCUT2D eigenvalue weighted by molar-refractivity contribution is -0.144. The number of amides is 5. The lowest BCUT2D eigenvalue weighted by atomic mass is 9.97. The third-order valence-electron chi connectivity index (χ3n) is 6.49. The van der Waals surface area contributed by atoms with E-state index in [4.69, 9.17) is 11.5 Å². The molecule has 0 spiro atoms. The van der Waals surface area contributed by atoms with Crippen LogP contribution in [-0.2, 0) is 35.2 Å². The van der Waals surface area contributed by atoms with Crippen molar-refractivity contribution in [2.45, 2.75) is 91.0 Å². The molecule has 13 heteroatoms. The number of aliphatic carboxylic acids is 1. The Morgan fingerprint density at radius 3 is 1.64 bits per heavy atom. The number of carboxylic acid groups (broad SMARTS) is 1. The van der Waals surface area contributed by atoms with Crippen molar-refractivity contribution in [2.75, 3.05) is 0 Å². The van der Waals surface area contributed by atoms with E-state index >= 15 is 0 Å². The van der Waals surface area contributed by atoms with Crippen LogP contribution in [0.4, 0.5) is 0 Å². The van der Waals surface area contributed by atoms with Gasteiger partial charge in [-0.3, -0.25) is 24.0 Å². The van der Waals surface area contributed by atoms with Crippen molar-refractivity contribution in [1.29, 1.82) is 0 Å². The van der Waals surface area contributed by atoms with Crippen molar-refractivity contribution < 1.29 is 33.9 Å². The van der Waals surface area contributed by atoms with Gasteiger partial charge in [-0.2, -0.15) is 0 Å². The normalized spacial score (nSPS) is 14.8. The van der Waals surface area contributed by atoms with E-state index in [-0.39, 0.29) is 18.8 Å². The predicted molar refractivity (Wildman–Crippen MR) is 156 cm³/mol. The predicted octanol–water partition coefficient (Wildman–Crippen LogP) is -0.186. The van der Waals surface area contributed by atoms with Crippen molar-refractivity contribution in [3.8, 4) is 0 Å². The molecule has 0 saturated carbocycles. The maximum atomic E-state index is 13.4. The van der Waals surface area contributed by atoms with Gasteiger partial charge in [-0.15, -0.1) is 0 Å². The number of carboxylic acids is 1. The molecule has 0 radical (unpaired) electrons. The molecule has 0 unspecified atom stereocenters. The molecule has 5 amide bonds. The highest BCUT2D eigenvalue weighted by Gasteiger charge is 2.34. The van der Waals surface area contributed by atoms with Crippen LogP contribution in [0.15, 0.2) is 30.3 Å². The minimum atomic E-state index is -1.57. The Hall–Kier alpha value is -4.00. The van der Waals surface area contributed by atoms with Crippen LogP contribution < -0.4 is 32.7 Å². The van der Waals surface area contributed by atoms with Gasteiger partial charge in [0.05, 0.1) is 12.5 Å². The molecule has 0 heterocycles. The van der Waals surface area contributed by atoms with E-state index in [9.17, 15) is 33.9 Å². The van der Waals surface area contributed by atoms with Crippen LogP contribution in [0.3, 0.4) is 0 Å². The maximum absolute atomic E-state index is 13.4. The van der Waals surface area contributed by atoms with Crippen LogP contribution in [0.2, 0.25) is 0 Å². The Bertz CT molecular complexity index is 1090. The van der Waals surface area contributed by atoms with Gasteiger partial charge >= 0.3 is 5.97 Å². The lowest BCUT2D eigenvalue weighted by Gasteiger charge is -2.29. The quantitative estimate of drug-likeness (QED) is 0.128. The molecule has 0 fully saturated rings. The highest BCUT2D eigenvalue weighted by atomic mass is 16.4. The molecule has 5 atom stereocenters. The second-order valence-corrected chi connectivity index (χ2v) is 11.5. The van der Waals surface area contributed by atoms with Crippen LogP contribution in [-0.4, -0.2) is 70.8 Å². The van der Waals surface area contributed by atoms with Crippen LogP contribution in [0.5, 0.6) is 0 Å². The molecule has 234 valence electrons. The Balaban J connectivity index is 3.02. The van der Waals surface area contributed by atoms with Crippen molar-refractivity contribution in [2.24, 2.45) is 29.2 Å². The number of hydrogen-bond donors (Lipinski definition) is 7. The first-order chi connectivity index (χ1) is 19.5. The van der Waals surface area contributed by atoms with Crippen molar-refractivity contribution >= 4 is 35.5 Å². The van der Waals surface area contributed by atoms with E-state index in [2.05, 4.69) is 21.3 Å². The third-order valence-corrected chi connectivity index (χ3v) is 6.49. The smallest absolute Gasteiger partial charge is 0.326 e. The van der Waals surface area contributed by atoms with Gasteiger partial charge in [-0.05, 0) is 36.2 Å². The molecule has 0 aromatic heterocycles. The second kappa shape index (κ2) is 17.1. The fourth-order valence-corrected chi connectivity index (χ4v) is 4.17. The highest BCUT2D eigenvalue weighted by molar-refractivity contribution is 5.96. The molecule has 1 rings (SSSR count). The fourth-order valence-electron chi connectivity index (χ4n) is 4.17. The third kappa shape index (κ3) is 12.2. The Morgan fingerprint density at radius 1 is 0.714 bits per heavy atom. The van der Waals surface area contributed by atoms with Crippen LogP contribution in [0, 0.1) is 17.8 Å². The first-order valence-corrected chi connectivity index (χ1v) is 14.0. The van der Waals surface area contributed by atoms with Gasteiger partial charge in [0, 0.05) is 0 Å². The summed E-state index contributed by atoms with van der Waals surface area (Å²) in [5.74, 6) is -5.83. The standard InChI is InChI=1S/C29H46N6O7/c1-15(2)12-20(32-25(37)19(30)13-18-10-8-7-9-11-18)26(38)34-24(17(5)6)28(40)35-23(16(3)4)27(39)33-21(29(41)42)14-22(31)36/h7-11,15-17,19-21,23-24H,12-14,30H2,1-6H3,(H2,31,36)(H,32,37)(H,33,39)(H,34,38)(H,35,40)(H,41,42)/t19-,20-,21-,23-,24-/m0/s1. The van der Waals surface area contributed by atoms with Gasteiger partial charge in [0.25, 0.3) is 0 Å². The van der Waals surface area contributed by atoms with E-state index in [1.165, 1.54) is 0 Å². The topological polar surface area (TPSA) is 223 Å². The second-order valence-electron chi connectivity index (χ2n) is 11.5. The zero-order valence-corrected chi connectivity index (χ0v) is 25.2. The Morgan fingerprint density at radius 2 is 1.19 bits per heavy atom. The molecule has 0 aliphatic rings. The number of rotatable bonds is 17. The average Bonchev–Trinajstić information content (AvgIpc) is 2.88. The maximum Gasteiger partial charge on any atom is 0.326 e. The van der Waals surface area contributed by atoms with Crippen molar-refractivity contribution in [3.63, 3.8) is 0 Å². The van der Waals surface area contributed by atoms with Crippen LogP contribution in [0.1, 0.15) is 59.9 Å². The summed E-state index contributed by atoms with van der Waals surface area (Å²) >= 11 is 0. The summed E-state index contributed by atoms with van der Waals surface area (Å²) in [5, 5.41) is 19.5. The molecular formula is C29H46N6O7. The van der Waals surface area contributed by atoms with Gasteiger partial charge in [0.2, 0.25) is 29.5 Å². The van der Waals surface area contributed by atoms with Gasteiger partial charge in [0.1, 0.15) is 24.2 Å². The van der Waals surface area contributed by atoms with Crippen LogP contribution >= 0.6 is 0 Å². The Kier molecular flexibility index (Phi) is 14.6. The first-order valence-electron chi connectivity index (χ1n) is 14.0. The number of benzene rings is 1. The summed E-state index contributed by atoms with van der Waals surface area (Å²) in [4.78, 5) is 75.1. The largest absolute Gasteiger partial charge is 0.480 e. The average molecular weight is 591 g/mol. The molecule has 0 bridgehead atoms. The highest BCUT2D eigenvalue weighted by Crippen LogP contribution is 2.11. The summed E-state index contributed by atoms with van der Waals surface area (Å²) in [5.41, 5.74) is 12.1. The van der Waals surface area contributed by atoms with Crippen molar-refractivity contribution in [3.05, 3.63) is 35.9 Å². The van der Waals surface area contributed by atoms with Gasteiger partial charge < -0.3 is 37.8 Å². The zero-order valence-electron chi connectivity index (χ0n) is 25.2. The zero-order chi connectivity index (χ0) is 32.1. The van der Waals surface area contributed by atoms with Crippen LogP contribution in [0.25, 0.3) is 0 Å². The minimum Gasteiger partial charge on any atom is -0.480 e. The van der Waals surface area contributed by atoms with Gasteiger partial charge in [-0.1, -0.05) is 71.9 Å². The molecule has 0 aliphatic carbocycles. The number of carbonyl (C=O) groups excluding carboxylic acids is 5. The summed E-state index contributed by atoms with van der Waals surface area (Å²) < 4.78 is 0. The first kappa shape index (κ1) is 36.0. The Labute approximate surface area is 246 Å². The van der Waals surface area contributed by atoms with E-state index in [1.807, 2.05) is 44.2 Å². The van der Waals surface area contributed by atoms with E-state index in [1.54, 1.807) is 27.7 Å². The van der Waals surface area contributed by atoms with Gasteiger partial charge in [0.15, 0.2) is 0 Å².